The van der Waals surface area contributed by atoms with Gasteiger partial charge in [0.2, 0.25) is 0 Å². The van der Waals surface area contributed by atoms with E-state index in [0.717, 1.165) is 16.9 Å². The van der Waals surface area contributed by atoms with Crippen LogP contribution in [-0.2, 0) is 4.79 Å². The van der Waals surface area contributed by atoms with E-state index in [-0.39, 0.29) is 24.9 Å². The number of rotatable bonds is 6. The molecule has 128 valence electrons. The highest BCUT2D eigenvalue weighted by atomic mass is 35.5. The van der Waals surface area contributed by atoms with Gasteiger partial charge in [-0.15, -0.1) is 12.4 Å². The van der Waals surface area contributed by atoms with Crippen molar-refractivity contribution in [3.05, 3.63) is 59.7 Å². The number of hydrogen-bond donors (Lipinski definition) is 2. The molecule has 0 unspecified atom stereocenters. The third kappa shape index (κ3) is 6.30. The summed E-state index contributed by atoms with van der Waals surface area (Å²) in [7, 11) is 3.98. The van der Waals surface area contributed by atoms with Crippen LogP contribution in [0.15, 0.2) is 53.6 Å². The van der Waals surface area contributed by atoms with Crippen LogP contribution < -0.4 is 15.6 Å². The summed E-state index contributed by atoms with van der Waals surface area (Å²) >= 11 is 0. The minimum atomic E-state index is -0.188. The summed E-state index contributed by atoms with van der Waals surface area (Å²) in [6.45, 7) is 2.20. The van der Waals surface area contributed by atoms with E-state index < -0.39 is 0 Å². The third-order valence-electron chi connectivity index (χ3n) is 3.32. The van der Waals surface area contributed by atoms with Gasteiger partial charge < -0.3 is 10.2 Å². The number of aryl methyl sites for hydroxylation is 1. The van der Waals surface area contributed by atoms with E-state index in [4.69, 9.17) is 0 Å². The van der Waals surface area contributed by atoms with Gasteiger partial charge >= 0.3 is 0 Å². The molecular weight excluding hydrogens is 324 g/mol. The normalized spacial score (nSPS) is 10.1. The molecule has 6 heteroatoms. The number of halogens is 1. The van der Waals surface area contributed by atoms with Crippen LogP contribution in [0, 0.1) is 6.92 Å². The first-order chi connectivity index (χ1) is 11.0. The maximum Gasteiger partial charge on any atom is 0.259 e. The Labute approximate surface area is 149 Å². The Hall–Kier alpha value is -2.53. The van der Waals surface area contributed by atoms with E-state index in [2.05, 4.69) is 15.8 Å². The lowest BCUT2D eigenvalue weighted by Crippen LogP contribution is -2.25. The average molecular weight is 347 g/mol. The van der Waals surface area contributed by atoms with Crippen molar-refractivity contribution in [1.29, 1.82) is 0 Å². The predicted octanol–water partition coefficient (Wildman–Crippen LogP) is 3.05. The lowest BCUT2D eigenvalue weighted by Gasteiger charge is -2.11. The van der Waals surface area contributed by atoms with Crippen molar-refractivity contribution in [2.75, 3.05) is 30.9 Å². The van der Waals surface area contributed by atoms with Gasteiger partial charge in [-0.25, -0.2) is 5.43 Å². The summed E-state index contributed by atoms with van der Waals surface area (Å²) in [5.74, 6) is -0.188. The van der Waals surface area contributed by atoms with Crippen molar-refractivity contribution >= 4 is 35.9 Å². The molecule has 0 atom stereocenters. The zero-order valence-corrected chi connectivity index (χ0v) is 14.9. The Morgan fingerprint density at radius 2 is 1.71 bits per heavy atom. The maximum atomic E-state index is 11.7. The quantitative estimate of drug-likeness (QED) is 0.624. The molecule has 0 fully saturated rings. The van der Waals surface area contributed by atoms with Crippen LogP contribution in [0.2, 0.25) is 0 Å². The van der Waals surface area contributed by atoms with Gasteiger partial charge in [-0.2, -0.15) is 5.10 Å². The van der Waals surface area contributed by atoms with Crippen molar-refractivity contribution in [2.24, 2.45) is 5.10 Å². The number of hydrogen-bond acceptors (Lipinski definition) is 4. The fraction of sp³-hybridized carbons (Fsp3) is 0.222. The Kier molecular flexibility index (Phi) is 7.79. The number of nitrogens with one attached hydrogen (secondary N) is 2. The fourth-order valence-corrected chi connectivity index (χ4v) is 1.93. The molecule has 2 aromatic rings. The van der Waals surface area contributed by atoms with E-state index >= 15 is 0 Å². The first-order valence-corrected chi connectivity index (χ1v) is 7.44. The van der Waals surface area contributed by atoms with E-state index in [0.29, 0.717) is 0 Å². The molecule has 1 amide bonds. The van der Waals surface area contributed by atoms with Crippen molar-refractivity contribution in [3.63, 3.8) is 0 Å². The summed E-state index contributed by atoms with van der Waals surface area (Å²) in [6.07, 6.45) is 1.63. The summed E-state index contributed by atoms with van der Waals surface area (Å²) in [6, 6.07) is 15.8. The van der Waals surface area contributed by atoms with Crippen LogP contribution in [0.5, 0.6) is 0 Å². The van der Waals surface area contributed by atoms with Crippen molar-refractivity contribution in [2.45, 2.75) is 6.92 Å². The van der Waals surface area contributed by atoms with Gasteiger partial charge in [-0.3, -0.25) is 4.79 Å². The number of benzene rings is 2. The van der Waals surface area contributed by atoms with Gasteiger partial charge in [0.05, 0.1) is 12.8 Å². The Morgan fingerprint density at radius 3 is 2.29 bits per heavy atom. The van der Waals surface area contributed by atoms with Crippen molar-refractivity contribution in [3.8, 4) is 0 Å². The van der Waals surface area contributed by atoms with Crippen LogP contribution in [0.25, 0.3) is 0 Å². The minimum absolute atomic E-state index is 0. The molecule has 0 aliphatic heterocycles. The topological polar surface area (TPSA) is 56.7 Å². The molecule has 0 radical (unpaired) electrons. The second-order valence-corrected chi connectivity index (χ2v) is 5.50. The molecule has 0 saturated carbocycles. The van der Waals surface area contributed by atoms with Crippen LogP contribution in [0.3, 0.4) is 0 Å². The number of anilines is 2. The first-order valence-electron chi connectivity index (χ1n) is 7.44. The standard InChI is InChI=1S/C18H22N4O.ClH/c1-14-4-8-16(9-5-14)19-13-18(23)21-20-12-15-6-10-17(11-7-15)22(2)3;/h4-12,19H,13H2,1-3H3,(H,21,23);1H. The second kappa shape index (κ2) is 9.57. The van der Waals surface area contributed by atoms with E-state index in [9.17, 15) is 4.79 Å². The van der Waals surface area contributed by atoms with Gasteiger partial charge in [-0.05, 0) is 36.8 Å². The van der Waals surface area contributed by atoms with E-state index in [1.165, 1.54) is 5.56 Å². The van der Waals surface area contributed by atoms with Crippen molar-refractivity contribution < 1.29 is 4.79 Å². The number of hydrazone groups is 1. The molecule has 2 aromatic carbocycles. The molecule has 2 N–H and O–H groups in total. The smallest absolute Gasteiger partial charge is 0.259 e. The Bertz CT molecular complexity index is 666. The third-order valence-corrected chi connectivity index (χ3v) is 3.32. The number of amides is 1. The number of nitrogens with zero attached hydrogens (tertiary/aromatic N) is 2. The fourth-order valence-electron chi connectivity index (χ4n) is 1.93. The van der Waals surface area contributed by atoms with Gasteiger partial charge in [0.15, 0.2) is 0 Å². The van der Waals surface area contributed by atoms with Gasteiger partial charge in [0.25, 0.3) is 5.91 Å². The second-order valence-electron chi connectivity index (χ2n) is 5.50. The zero-order valence-electron chi connectivity index (χ0n) is 14.1. The van der Waals surface area contributed by atoms with Gasteiger partial charge in [0.1, 0.15) is 0 Å². The van der Waals surface area contributed by atoms with Crippen LogP contribution in [0.4, 0.5) is 11.4 Å². The largest absolute Gasteiger partial charge is 0.378 e. The first kappa shape index (κ1) is 19.5. The van der Waals surface area contributed by atoms with Gasteiger partial charge in [-0.1, -0.05) is 29.8 Å². The lowest BCUT2D eigenvalue weighted by molar-refractivity contribution is -0.119. The van der Waals surface area contributed by atoms with E-state index in [1.807, 2.05) is 74.4 Å². The molecular formula is C18H23ClN4O. The monoisotopic (exact) mass is 346 g/mol. The highest BCUT2D eigenvalue weighted by molar-refractivity contribution is 5.85. The van der Waals surface area contributed by atoms with Crippen LogP contribution in [-0.4, -0.2) is 32.8 Å². The van der Waals surface area contributed by atoms with E-state index in [1.54, 1.807) is 6.21 Å². The molecule has 0 aliphatic carbocycles. The molecule has 0 saturated heterocycles. The highest BCUT2D eigenvalue weighted by Crippen LogP contribution is 2.11. The molecule has 5 nitrogen and oxygen atoms in total. The molecule has 2 rings (SSSR count). The zero-order chi connectivity index (χ0) is 16.7. The lowest BCUT2D eigenvalue weighted by atomic mass is 10.2. The molecule has 0 heterocycles. The number of carbonyl (C=O) groups excluding carboxylic acids is 1. The minimum Gasteiger partial charge on any atom is -0.378 e. The summed E-state index contributed by atoms with van der Waals surface area (Å²) in [4.78, 5) is 13.8. The molecule has 0 bridgehead atoms. The average Bonchev–Trinajstić information content (AvgIpc) is 2.55. The SMILES string of the molecule is Cc1ccc(NCC(=O)NN=Cc2ccc(N(C)C)cc2)cc1.Cl. The molecule has 0 aromatic heterocycles. The predicted molar refractivity (Wildman–Crippen MR) is 103 cm³/mol. The Balaban J connectivity index is 0.00000288. The van der Waals surface area contributed by atoms with Gasteiger partial charge in [0, 0.05) is 25.5 Å². The Morgan fingerprint density at radius 1 is 1.08 bits per heavy atom. The molecule has 0 spiro atoms. The summed E-state index contributed by atoms with van der Waals surface area (Å²) < 4.78 is 0. The molecule has 0 aliphatic rings. The molecule has 24 heavy (non-hydrogen) atoms. The maximum absolute atomic E-state index is 11.7. The van der Waals surface area contributed by atoms with Crippen molar-refractivity contribution in [1.82, 2.24) is 5.43 Å². The summed E-state index contributed by atoms with van der Waals surface area (Å²) in [5.41, 5.74) is 6.66. The van der Waals surface area contributed by atoms with Crippen LogP contribution >= 0.6 is 12.4 Å². The summed E-state index contributed by atoms with van der Waals surface area (Å²) in [5, 5.41) is 7.01. The number of carbonyl (C=O) groups is 1. The highest BCUT2D eigenvalue weighted by Gasteiger charge is 1.99. The van der Waals surface area contributed by atoms with Crippen LogP contribution in [0.1, 0.15) is 11.1 Å².